The molecule has 19 heteroatoms. The van der Waals surface area contributed by atoms with Crippen molar-refractivity contribution in [1.29, 1.82) is 0 Å². The Hall–Kier alpha value is -6.01. The second-order valence-corrected chi connectivity index (χ2v) is 17.8. The van der Waals surface area contributed by atoms with Crippen LogP contribution >= 0.6 is 0 Å². The number of nitrogens with zero attached hydrogens (tertiary/aromatic N) is 2. The molecule has 0 saturated heterocycles. The minimum absolute atomic E-state index is 0. The summed E-state index contributed by atoms with van der Waals surface area (Å²) >= 11 is 0. The van der Waals surface area contributed by atoms with E-state index in [1.54, 1.807) is 71.1 Å². The third kappa shape index (κ3) is 12.6. The lowest BCUT2D eigenvalue weighted by Crippen LogP contribution is -3.00. The van der Waals surface area contributed by atoms with Gasteiger partial charge in [0.25, 0.3) is 0 Å². The summed E-state index contributed by atoms with van der Waals surface area (Å²) in [5, 5.41) is 0. The van der Waals surface area contributed by atoms with E-state index in [1.165, 1.54) is 0 Å². The predicted octanol–water partition coefficient (Wildman–Crippen LogP) is 1.58. The molecule has 0 N–H and O–H groups in total. The molecule has 2 heterocycles. The van der Waals surface area contributed by atoms with Gasteiger partial charge in [-0.25, -0.2) is 9.59 Å². The van der Waals surface area contributed by atoms with E-state index in [1.807, 2.05) is 48.5 Å². The second kappa shape index (κ2) is 26.1. The molecule has 0 aliphatic carbocycles. The first kappa shape index (κ1) is 58.6. The molecular formula is C53H69Cl2FN2O14. The van der Waals surface area contributed by atoms with Gasteiger partial charge in [0.1, 0.15) is 12.1 Å². The number of rotatable bonds is 23. The smallest absolute Gasteiger partial charge is 0.367 e. The molecule has 0 amide bonds. The molecule has 0 radical (unpaired) electrons. The Kier molecular flexibility index (Phi) is 21.2. The van der Waals surface area contributed by atoms with Gasteiger partial charge in [-0.2, -0.15) is 4.39 Å². The largest absolute Gasteiger partial charge is 1.00 e. The minimum atomic E-state index is -1.34. The maximum absolute atomic E-state index is 15.2. The molecule has 2 aliphatic rings. The fraction of sp³-hybridized carbons (Fsp3) is 0.472. The fourth-order valence-electron chi connectivity index (χ4n) is 10.2. The van der Waals surface area contributed by atoms with Crippen LogP contribution in [0, 0.1) is 0 Å². The molecule has 0 unspecified atom stereocenters. The first-order valence-corrected chi connectivity index (χ1v) is 23.2. The van der Waals surface area contributed by atoms with Crippen LogP contribution in [0.4, 0.5) is 4.39 Å². The van der Waals surface area contributed by atoms with Crippen LogP contribution in [0.25, 0.3) is 0 Å². The van der Waals surface area contributed by atoms with Crippen molar-refractivity contribution in [3.63, 3.8) is 0 Å². The summed E-state index contributed by atoms with van der Waals surface area (Å²) in [7, 11) is 20.2. The highest BCUT2D eigenvalue weighted by molar-refractivity contribution is 5.94. The van der Waals surface area contributed by atoms with Crippen LogP contribution in [-0.4, -0.2) is 145 Å². The number of benzene rings is 4. The van der Waals surface area contributed by atoms with Gasteiger partial charge in [-0.3, -0.25) is 0 Å². The highest BCUT2D eigenvalue weighted by atomic mass is 35.5. The van der Waals surface area contributed by atoms with Crippen LogP contribution < -0.4 is 72.2 Å². The lowest BCUT2D eigenvalue weighted by atomic mass is 9.85. The summed E-state index contributed by atoms with van der Waals surface area (Å²) in [6.07, 6.45) is 3.51. The van der Waals surface area contributed by atoms with Crippen molar-refractivity contribution in [2.24, 2.45) is 0 Å². The van der Waals surface area contributed by atoms with E-state index in [9.17, 15) is 9.59 Å². The standard InChI is InChI=1S/C53H69FN2O14.2ClH/c1-55(19-15-34-26-41(59-3)43(61-5)30-37(34)40(55)23-33-24-45(63-7)51(67-11)46(25-33)64-8)17-13-22-70-53(58)39(54)32-49(57)69-21-14-18-56(2)20-16-35-27-42(60-4)44(62-6)31-38(35)50(56)36-28-47(65-9)52(68-12)48(29-36)66-10;;/h24-32,40,50H,13-23H2,1-12H3;2*1H/q+2;;/p-2/b39-32-;;/t40-,50+,55-,56+;;/m1../s1. The zero-order valence-electron chi connectivity index (χ0n) is 43.4. The molecule has 4 atom stereocenters. The molecule has 2 aliphatic heterocycles. The number of likely N-dealkylation sites (N-methyl/N-ethyl adjacent to an activating group) is 2. The lowest BCUT2D eigenvalue weighted by molar-refractivity contribution is -0.941. The summed E-state index contributed by atoms with van der Waals surface area (Å²) in [4.78, 5) is 25.7. The summed E-state index contributed by atoms with van der Waals surface area (Å²) in [5.41, 5.74) is 6.27. The Morgan fingerprint density at radius 3 is 1.44 bits per heavy atom. The average molecular weight is 1050 g/mol. The molecule has 4 aromatic rings. The Morgan fingerprint density at radius 1 is 0.542 bits per heavy atom. The molecule has 0 bridgehead atoms. The van der Waals surface area contributed by atoms with Crippen molar-refractivity contribution in [2.75, 3.05) is 125 Å². The van der Waals surface area contributed by atoms with Gasteiger partial charge in [0, 0.05) is 48.8 Å². The molecule has 4 aromatic carbocycles. The maximum atomic E-state index is 15.2. The van der Waals surface area contributed by atoms with Crippen LogP contribution in [0.1, 0.15) is 58.3 Å². The van der Waals surface area contributed by atoms with E-state index >= 15 is 4.39 Å². The Bertz CT molecular complexity index is 2490. The number of carbonyl (C=O) groups excluding carboxylic acids is 2. The van der Waals surface area contributed by atoms with Crippen LogP contribution in [-0.2, 0) is 38.3 Å². The topological polar surface area (TPSA) is 145 Å². The Labute approximate surface area is 435 Å². The number of methoxy groups -OCH3 is 10. The van der Waals surface area contributed by atoms with Crippen molar-refractivity contribution in [3.8, 4) is 57.5 Å². The number of fused-ring (bicyclic) bond motifs is 2. The highest BCUT2D eigenvalue weighted by Crippen LogP contribution is 2.49. The molecule has 6 rings (SSSR count). The first-order chi connectivity index (χ1) is 33.7. The molecule has 396 valence electrons. The summed E-state index contributed by atoms with van der Waals surface area (Å²) in [6, 6.07) is 15.6. The lowest BCUT2D eigenvalue weighted by Gasteiger charge is -2.46. The summed E-state index contributed by atoms with van der Waals surface area (Å²) in [5.74, 6) is 2.05. The van der Waals surface area contributed by atoms with E-state index in [-0.39, 0.29) is 50.1 Å². The van der Waals surface area contributed by atoms with Crippen molar-refractivity contribution in [1.82, 2.24) is 0 Å². The van der Waals surface area contributed by atoms with Crippen LogP contribution in [0.15, 0.2) is 60.4 Å². The van der Waals surface area contributed by atoms with Gasteiger partial charge < -0.3 is 90.6 Å². The molecular weight excluding hydrogens is 978 g/mol. The number of esters is 2. The van der Waals surface area contributed by atoms with E-state index in [0.717, 1.165) is 59.3 Å². The molecule has 0 spiro atoms. The van der Waals surface area contributed by atoms with Gasteiger partial charge in [-0.15, -0.1) is 0 Å². The third-order valence-electron chi connectivity index (χ3n) is 13.8. The first-order valence-electron chi connectivity index (χ1n) is 23.2. The van der Waals surface area contributed by atoms with Gasteiger partial charge >= 0.3 is 11.9 Å². The van der Waals surface area contributed by atoms with Crippen molar-refractivity contribution in [2.45, 2.75) is 44.2 Å². The third-order valence-corrected chi connectivity index (χ3v) is 13.8. The van der Waals surface area contributed by atoms with E-state index in [4.69, 9.17) is 56.8 Å². The zero-order valence-corrected chi connectivity index (χ0v) is 44.9. The number of carbonyl (C=O) groups is 2. The Morgan fingerprint density at radius 2 is 0.958 bits per heavy atom. The zero-order chi connectivity index (χ0) is 50.8. The monoisotopic (exact) mass is 1050 g/mol. The molecule has 0 fully saturated rings. The summed E-state index contributed by atoms with van der Waals surface area (Å²) in [6.45, 7) is 2.60. The van der Waals surface area contributed by atoms with Crippen molar-refractivity contribution in [3.05, 3.63) is 93.8 Å². The second-order valence-electron chi connectivity index (χ2n) is 17.8. The SMILES string of the molecule is COc1cc2c(cc1OC)[C@H](c1cc(OC)c(OC)c(OC)c1)[N@@+](C)(CCCOC(=O)/C=C(\F)C(=O)OCCC[N@+]1(C)CCc3cc(OC)c(OC)cc3[C@H]1Cc1cc(OC)c(OC)c(OC)c1)CC2.[Cl-].[Cl-]. The number of hydrogen-bond acceptors (Lipinski definition) is 14. The number of halogens is 3. The number of quaternary nitrogens is 2. The summed E-state index contributed by atoms with van der Waals surface area (Å²) < 4.78 is 83.9. The predicted molar refractivity (Wildman–Crippen MR) is 259 cm³/mol. The van der Waals surface area contributed by atoms with Crippen molar-refractivity contribution >= 4 is 11.9 Å². The van der Waals surface area contributed by atoms with Gasteiger partial charge in [0.15, 0.2) is 46.0 Å². The highest BCUT2D eigenvalue weighted by Gasteiger charge is 2.43. The molecule has 16 nitrogen and oxygen atoms in total. The molecule has 0 aromatic heterocycles. The van der Waals surface area contributed by atoms with Crippen LogP contribution in [0.2, 0.25) is 0 Å². The normalized spacial score (nSPS) is 18.9. The molecule has 0 saturated carbocycles. The molecule has 72 heavy (non-hydrogen) atoms. The van der Waals surface area contributed by atoms with Gasteiger partial charge in [-0.05, 0) is 65.2 Å². The van der Waals surface area contributed by atoms with Gasteiger partial charge in [-0.1, -0.05) is 0 Å². The van der Waals surface area contributed by atoms with E-state index in [0.29, 0.717) is 105 Å². The Balaban J connectivity index is 0.00000562. The van der Waals surface area contributed by atoms with E-state index in [2.05, 4.69) is 14.1 Å². The minimum Gasteiger partial charge on any atom is -1.00 e. The van der Waals surface area contributed by atoms with Crippen LogP contribution in [0.5, 0.6) is 57.5 Å². The number of hydrogen-bond donors (Lipinski definition) is 0. The van der Waals surface area contributed by atoms with Gasteiger partial charge in [0.05, 0.1) is 131 Å². The number of ether oxygens (including phenoxy) is 12. The van der Waals surface area contributed by atoms with Crippen LogP contribution in [0.3, 0.4) is 0 Å². The van der Waals surface area contributed by atoms with Crippen molar-refractivity contribution < 1.29 is 105 Å². The van der Waals surface area contributed by atoms with E-state index < -0.39 is 17.8 Å². The fourth-order valence-corrected chi connectivity index (χ4v) is 10.2. The maximum Gasteiger partial charge on any atom is 0.367 e. The average Bonchev–Trinajstić information content (AvgIpc) is 3.37. The van der Waals surface area contributed by atoms with Gasteiger partial charge in [0.2, 0.25) is 17.3 Å². The quantitative estimate of drug-likeness (QED) is 0.0459.